The maximum absolute atomic E-state index is 12.8. The van der Waals surface area contributed by atoms with Crippen molar-refractivity contribution in [2.75, 3.05) is 19.7 Å². The molecule has 0 radical (unpaired) electrons. The van der Waals surface area contributed by atoms with Crippen molar-refractivity contribution in [1.82, 2.24) is 9.80 Å². The van der Waals surface area contributed by atoms with E-state index in [-0.39, 0.29) is 42.2 Å². The van der Waals surface area contributed by atoms with Crippen molar-refractivity contribution in [2.24, 2.45) is 0 Å². The zero-order chi connectivity index (χ0) is 25.3. The average molecular weight is 485 g/mol. The molecular weight excluding hydrogens is 448 g/mol. The Labute approximate surface area is 203 Å². The van der Waals surface area contributed by atoms with E-state index in [2.05, 4.69) is 40.4 Å². The van der Waals surface area contributed by atoms with Crippen molar-refractivity contribution >= 4 is 26.2 Å². The van der Waals surface area contributed by atoms with E-state index in [1.807, 2.05) is 13.0 Å². The Kier molecular flexibility index (Phi) is 7.52. The Bertz CT molecular complexity index is 976. The normalized spacial score (nSPS) is 21.2. The molecule has 0 saturated carbocycles. The molecular formula is C26H36N2O5Si. The number of amides is 3. The van der Waals surface area contributed by atoms with Gasteiger partial charge in [0, 0.05) is 13.1 Å². The number of rotatable bonds is 7. The molecule has 3 rings (SSSR count). The maximum Gasteiger partial charge on any atom is 0.410 e. The minimum absolute atomic E-state index is 0.0512. The molecule has 0 aliphatic carbocycles. The highest BCUT2D eigenvalue weighted by atomic mass is 28.4. The van der Waals surface area contributed by atoms with Gasteiger partial charge in [-0.1, -0.05) is 57.2 Å². The van der Waals surface area contributed by atoms with Gasteiger partial charge in [-0.05, 0) is 43.6 Å². The quantitative estimate of drug-likeness (QED) is 0.309. The number of carbonyl (C=O) groups excluding carboxylic acids is 3. The summed E-state index contributed by atoms with van der Waals surface area (Å²) in [6.07, 6.45) is 3.51. The van der Waals surface area contributed by atoms with Gasteiger partial charge in [-0.2, -0.15) is 0 Å². The van der Waals surface area contributed by atoms with E-state index in [0.29, 0.717) is 24.1 Å². The summed E-state index contributed by atoms with van der Waals surface area (Å²) in [5.74, 6) is -0.588. The van der Waals surface area contributed by atoms with E-state index < -0.39 is 14.4 Å². The number of nitrogens with zero attached hydrogens (tertiary/aromatic N) is 2. The number of imide groups is 1. The van der Waals surface area contributed by atoms with Crippen LogP contribution in [-0.2, 0) is 9.16 Å². The Morgan fingerprint density at radius 3 is 2.29 bits per heavy atom. The molecule has 1 saturated heterocycles. The summed E-state index contributed by atoms with van der Waals surface area (Å²) in [6.45, 7) is 17.2. The molecule has 8 heteroatoms. The highest BCUT2D eigenvalue weighted by Crippen LogP contribution is 2.39. The highest BCUT2D eigenvalue weighted by Gasteiger charge is 2.44. The smallest absolute Gasteiger partial charge is 0.410 e. The lowest BCUT2D eigenvalue weighted by atomic mass is 10.1. The summed E-state index contributed by atoms with van der Waals surface area (Å²) >= 11 is 0. The van der Waals surface area contributed by atoms with Crippen LogP contribution in [0.4, 0.5) is 4.79 Å². The molecule has 2 aliphatic heterocycles. The van der Waals surface area contributed by atoms with E-state index in [4.69, 9.17) is 9.16 Å². The largest absolute Gasteiger partial charge is 0.445 e. The number of benzene rings is 1. The van der Waals surface area contributed by atoms with Gasteiger partial charge >= 0.3 is 6.09 Å². The third kappa shape index (κ3) is 5.18. The average Bonchev–Trinajstić information content (AvgIpc) is 3.29. The molecule has 2 aliphatic rings. The lowest BCUT2D eigenvalue weighted by molar-refractivity contribution is 0.0670. The molecule has 3 amide bonds. The second-order valence-corrected chi connectivity index (χ2v) is 15.2. The van der Waals surface area contributed by atoms with Crippen LogP contribution >= 0.6 is 0 Å². The van der Waals surface area contributed by atoms with Crippen LogP contribution in [0.15, 0.2) is 48.6 Å². The zero-order valence-electron chi connectivity index (χ0n) is 21.1. The lowest BCUT2D eigenvalue weighted by Crippen LogP contribution is -2.44. The van der Waals surface area contributed by atoms with Crippen LogP contribution in [0.2, 0.25) is 18.1 Å². The lowest BCUT2D eigenvalue weighted by Gasteiger charge is -2.38. The Morgan fingerprint density at radius 2 is 1.76 bits per heavy atom. The molecule has 184 valence electrons. The van der Waals surface area contributed by atoms with Gasteiger partial charge in [-0.15, -0.1) is 0 Å². The van der Waals surface area contributed by atoms with Gasteiger partial charge in [0.15, 0.2) is 8.32 Å². The second-order valence-electron chi connectivity index (χ2n) is 10.5. The summed E-state index contributed by atoms with van der Waals surface area (Å²) in [5.41, 5.74) is 1.75. The molecule has 2 heterocycles. The van der Waals surface area contributed by atoms with Crippen LogP contribution < -0.4 is 0 Å². The van der Waals surface area contributed by atoms with Crippen LogP contribution in [0.3, 0.4) is 0 Å². The molecule has 7 nitrogen and oxygen atoms in total. The number of fused-ring (bicyclic) bond motifs is 1. The Balaban J connectivity index is 1.77. The van der Waals surface area contributed by atoms with Crippen LogP contribution in [0.25, 0.3) is 0 Å². The van der Waals surface area contributed by atoms with Crippen molar-refractivity contribution in [2.45, 2.75) is 64.4 Å². The van der Waals surface area contributed by atoms with Gasteiger partial charge in [-0.25, -0.2) is 4.79 Å². The van der Waals surface area contributed by atoms with Crippen molar-refractivity contribution in [1.29, 1.82) is 0 Å². The molecule has 0 bridgehead atoms. The number of carbonyl (C=O) groups is 3. The molecule has 2 atom stereocenters. The number of ether oxygens (including phenoxy) is 1. The standard InChI is InChI=1S/C26H36N2O5Si/c1-8-15-32-25(31)28-17-19(33-34(6,7)26(3,4)5)16-22(28)18(2)13-14-27-23(29)20-11-9-10-12-21(20)24(27)30/h8-13,19,22H,1,14-17H2,2-7H3/t19-,22+/m1/s1. The van der Waals surface area contributed by atoms with Gasteiger partial charge in [0.05, 0.1) is 23.3 Å². The topological polar surface area (TPSA) is 76.2 Å². The zero-order valence-corrected chi connectivity index (χ0v) is 22.1. The first-order valence-corrected chi connectivity index (χ1v) is 14.6. The van der Waals surface area contributed by atoms with Gasteiger partial charge in [0.25, 0.3) is 11.8 Å². The summed E-state index contributed by atoms with van der Waals surface area (Å²) in [7, 11) is -2.03. The Hall–Kier alpha value is -2.71. The van der Waals surface area contributed by atoms with E-state index in [9.17, 15) is 14.4 Å². The van der Waals surface area contributed by atoms with E-state index in [0.717, 1.165) is 5.57 Å². The number of likely N-dealkylation sites (tertiary alicyclic amines) is 1. The van der Waals surface area contributed by atoms with Crippen molar-refractivity contribution in [3.05, 3.63) is 59.7 Å². The fourth-order valence-electron chi connectivity index (χ4n) is 4.10. The predicted molar refractivity (Wildman–Crippen MR) is 134 cm³/mol. The second kappa shape index (κ2) is 9.88. The first kappa shape index (κ1) is 25.9. The van der Waals surface area contributed by atoms with Crippen LogP contribution in [0.5, 0.6) is 0 Å². The van der Waals surface area contributed by atoms with Crippen molar-refractivity contribution in [3.63, 3.8) is 0 Å². The molecule has 1 aromatic rings. The fourth-order valence-corrected chi connectivity index (χ4v) is 5.46. The predicted octanol–water partition coefficient (Wildman–Crippen LogP) is 5.02. The Morgan fingerprint density at radius 1 is 1.18 bits per heavy atom. The summed E-state index contributed by atoms with van der Waals surface area (Å²) in [5, 5.41) is 0.0512. The third-order valence-electron chi connectivity index (χ3n) is 7.09. The van der Waals surface area contributed by atoms with E-state index >= 15 is 0 Å². The first-order valence-electron chi connectivity index (χ1n) is 11.7. The number of hydrogen-bond donors (Lipinski definition) is 0. The summed E-state index contributed by atoms with van der Waals surface area (Å²) < 4.78 is 11.9. The van der Waals surface area contributed by atoms with Crippen LogP contribution in [0, 0.1) is 0 Å². The third-order valence-corrected chi connectivity index (χ3v) is 11.6. The molecule has 1 aromatic carbocycles. The van der Waals surface area contributed by atoms with Crippen molar-refractivity contribution < 1.29 is 23.5 Å². The molecule has 0 spiro atoms. The monoisotopic (exact) mass is 484 g/mol. The van der Waals surface area contributed by atoms with Gasteiger partial charge in [0.2, 0.25) is 0 Å². The van der Waals surface area contributed by atoms with Gasteiger partial charge in [-0.3, -0.25) is 19.4 Å². The minimum atomic E-state index is -2.03. The van der Waals surface area contributed by atoms with Crippen LogP contribution in [-0.4, -0.2) is 67.9 Å². The van der Waals surface area contributed by atoms with Crippen molar-refractivity contribution in [3.8, 4) is 0 Å². The summed E-state index contributed by atoms with van der Waals surface area (Å²) in [4.78, 5) is 41.1. The maximum atomic E-state index is 12.8. The van der Waals surface area contributed by atoms with Crippen LogP contribution in [0.1, 0.15) is 54.8 Å². The highest BCUT2D eigenvalue weighted by molar-refractivity contribution is 6.74. The minimum Gasteiger partial charge on any atom is -0.445 e. The fraction of sp³-hybridized carbons (Fsp3) is 0.500. The molecule has 0 aromatic heterocycles. The molecule has 0 N–H and O–H groups in total. The van der Waals surface area contributed by atoms with E-state index in [1.165, 1.54) is 11.0 Å². The van der Waals surface area contributed by atoms with Gasteiger partial charge in [0.1, 0.15) is 6.61 Å². The molecule has 34 heavy (non-hydrogen) atoms. The SMILES string of the molecule is C=CCOC(=O)N1C[C@H](O[Si](C)(C)C(C)(C)C)C[C@H]1C(C)=CCN1C(=O)c2ccccc2C1=O. The van der Waals surface area contributed by atoms with E-state index in [1.54, 1.807) is 29.2 Å². The number of hydrogen-bond acceptors (Lipinski definition) is 5. The summed E-state index contributed by atoms with van der Waals surface area (Å²) in [6, 6.07) is 6.61. The van der Waals surface area contributed by atoms with Gasteiger partial charge < -0.3 is 9.16 Å². The molecule has 1 fully saturated rings. The first-order chi connectivity index (χ1) is 15.9. The molecule has 0 unspecified atom stereocenters.